The van der Waals surface area contributed by atoms with Crippen LogP contribution in [0.1, 0.15) is 0 Å². The van der Waals surface area contributed by atoms with Gasteiger partial charge in [-0.3, -0.25) is 5.43 Å². The minimum absolute atomic E-state index is 0.892. The molecule has 0 amide bonds. The van der Waals surface area contributed by atoms with E-state index in [1.807, 2.05) is 54.6 Å². The molecule has 19 heavy (non-hydrogen) atoms. The highest BCUT2D eigenvalue weighted by atomic mass is 15.4. The fourth-order valence-corrected chi connectivity index (χ4v) is 1.66. The zero-order valence-corrected chi connectivity index (χ0v) is 10.1. The Labute approximate surface area is 110 Å². The van der Waals surface area contributed by atoms with E-state index in [0.717, 1.165) is 17.1 Å². The van der Waals surface area contributed by atoms with Gasteiger partial charge in [0, 0.05) is 0 Å². The minimum atomic E-state index is 0.892. The van der Waals surface area contributed by atoms with Crippen molar-refractivity contribution in [2.75, 3.05) is 5.43 Å². The summed E-state index contributed by atoms with van der Waals surface area (Å²) >= 11 is 0. The third-order valence-electron chi connectivity index (χ3n) is 2.62. The van der Waals surface area contributed by atoms with Crippen LogP contribution in [-0.4, -0.2) is 14.8 Å². The smallest absolute Gasteiger partial charge is 0.138 e. The molecule has 1 N–H and O–H groups in total. The standard InChI is InChI=1S/C14H12N5/c1-2-4-12(5-3-1)17-18-13-6-8-14(9-7-13)19-11-15-10-16-19/h1-11,18H. The first kappa shape index (κ1) is 11.3. The summed E-state index contributed by atoms with van der Waals surface area (Å²) in [6.45, 7) is 0. The summed E-state index contributed by atoms with van der Waals surface area (Å²) < 4.78 is 1.71. The third-order valence-corrected chi connectivity index (χ3v) is 2.62. The second-order valence-corrected chi connectivity index (χ2v) is 3.95. The van der Waals surface area contributed by atoms with Gasteiger partial charge in [-0.2, -0.15) is 10.5 Å². The van der Waals surface area contributed by atoms with E-state index < -0.39 is 0 Å². The minimum Gasteiger partial charge on any atom is -0.278 e. The van der Waals surface area contributed by atoms with Crippen molar-refractivity contribution in [3.05, 3.63) is 67.3 Å². The summed E-state index contributed by atoms with van der Waals surface area (Å²) in [6.07, 6.45) is 3.17. The fourth-order valence-electron chi connectivity index (χ4n) is 1.66. The first-order valence-corrected chi connectivity index (χ1v) is 5.89. The molecule has 93 valence electrons. The van der Waals surface area contributed by atoms with Crippen molar-refractivity contribution in [1.82, 2.24) is 20.2 Å². The lowest BCUT2D eigenvalue weighted by molar-refractivity contribution is 0.879. The van der Waals surface area contributed by atoms with Crippen LogP contribution in [0.5, 0.6) is 0 Å². The molecule has 0 saturated heterocycles. The van der Waals surface area contributed by atoms with Crippen LogP contribution in [0.2, 0.25) is 0 Å². The maximum atomic E-state index is 4.28. The van der Waals surface area contributed by atoms with Crippen LogP contribution in [-0.2, 0) is 0 Å². The van der Waals surface area contributed by atoms with E-state index in [1.54, 1.807) is 11.0 Å². The molecule has 5 nitrogen and oxygen atoms in total. The van der Waals surface area contributed by atoms with Crippen LogP contribution >= 0.6 is 0 Å². The average Bonchev–Trinajstić information content (AvgIpc) is 3.01. The maximum Gasteiger partial charge on any atom is 0.138 e. The normalized spacial score (nSPS) is 10.1. The van der Waals surface area contributed by atoms with Crippen LogP contribution in [0.15, 0.2) is 67.3 Å². The number of nitrogens with zero attached hydrogens (tertiary/aromatic N) is 4. The molecule has 5 heteroatoms. The van der Waals surface area contributed by atoms with Crippen LogP contribution in [0.3, 0.4) is 0 Å². The predicted molar refractivity (Wildman–Crippen MR) is 73.2 cm³/mol. The highest BCUT2D eigenvalue weighted by Crippen LogP contribution is 2.13. The Morgan fingerprint density at radius 2 is 1.74 bits per heavy atom. The number of para-hydroxylation sites is 1. The van der Waals surface area contributed by atoms with Gasteiger partial charge in [0.1, 0.15) is 12.7 Å². The van der Waals surface area contributed by atoms with E-state index in [-0.39, 0.29) is 0 Å². The van der Waals surface area contributed by atoms with E-state index >= 15 is 0 Å². The topological polar surface area (TPSA) is 56.8 Å². The van der Waals surface area contributed by atoms with Crippen LogP contribution in [0.25, 0.3) is 5.69 Å². The highest BCUT2D eigenvalue weighted by molar-refractivity contribution is 5.49. The van der Waals surface area contributed by atoms with Crippen molar-refractivity contribution in [3.8, 4) is 5.69 Å². The quantitative estimate of drug-likeness (QED) is 0.724. The Hall–Kier alpha value is -2.82. The molecule has 1 aromatic heterocycles. The number of benzene rings is 2. The van der Waals surface area contributed by atoms with Gasteiger partial charge in [0.25, 0.3) is 0 Å². The summed E-state index contributed by atoms with van der Waals surface area (Å²) in [5.41, 5.74) is 10.1. The molecule has 3 aromatic rings. The molecule has 0 aliphatic rings. The zero-order valence-electron chi connectivity index (χ0n) is 10.1. The second-order valence-electron chi connectivity index (χ2n) is 3.95. The van der Waals surface area contributed by atoms with E-state index in [4.69, 9.17) is 0 Å². The fraction of sp³-hybridized carbons (Fsp3) is 0. The molecule has 2 aromatic carbocycles. The molecule has 0 spiro atoms. The van der Waals surface area contributed by atoms with E-state index in [9.17, 15) is 0 Å². The Morgan fingerprint density at radius 1 is 0.947 bits per heavy atom. The number of hydrogen-bond donors (Lipinski definition) is 1. The second kappa shape index (κ2) is 5.22. The van der Waals surface area contributed by atoms with Gasteiger partial charge in [0.05, 0.1) is 17.1 Å². The molecule has 3 rings (SSSR count). The van der Waals surface area contributed by atoms with Gasteiger partial charge in [-0.1, -0.05) is 18.2 Å². The van der Waals surface area contributed by atoms with Crippen molar-refractivity contribution in [2.45, 2.75) is 0 Å². The molecule has 1 radical (unpaired) electrons. The highest BCUT2D eigenvalue weighted by Gasteiger charge is 1.98. The summed E-state index contributed by atoms with van der Waals surface area (Å²) in [4.78, 5) is 3.91. The number of anilines is 1. The van der Waals surface area contributed by atoms with E-state index in [2.05, 4.69) is 20.9 Å². The lowest BCUT2D eigenvalue weighted by Gasteiger charge is -2.07. The number of aromatic nitrogens is 3. The molecule has 1 heterocycles. The lowest BCUT2D eigenvalue weighted by Crippen LogP contribution is -2.07. The number of rotatable bonds is 4. The van der Waals surface area contributed by atoms with Gasteiger partial charge in [0.15, 0.2) is 0 Å². The lowest BCUT2D eigenvalue weighted by atomic mass is 10.3. The molecule has 0 aliphatic heterocycles. The van der Waals surface area contributed by atoms with Crippen molar-refractivity contribution in [1.29, 1.82) is 0 Å². The Morgan fingerprint density at radius 3 is 2.42 bits per heavy atom. The molecule has 0 aliphatic carbocycles. The Kier molecular flexibility index (Phi) is 3.10. The van der Waals surface area contributed by atoms with Crippen molar-refractivity contribution in [3.63, 3.8) is 0 Å². The molecule has 0 bridgehead atoms. The first-order valence-electron chi connectivity index (χ1n) is 5.89. The van der Waals surface area contributed by atoms with Crippen LogP contribution in [0.4, 0.5) is 11.4 Å². The molecule has 0 unspecified atom stereocenters. The van der Waals surface area contributed by atoms with Gasteiger partial charge in [-0.25, -0.2) is 9.67 Å². The van der Waals surface area contributed by atoms with Gasteiger partial charge in [0.2, 0.25) is 0 Å². The van der Waals surface area contributed by atoms with E-state index in [0.29, 0.717) is 0 Å². The average molecular weight is 250 g/mol. The van der Waals surface area contributed by atoms with E-state index in [1.165, 1.54) is 6.33 Å². The SMILES string of the molecule is c1ccc([N]Nc2ccc(-n3cncn3)cc2)cc1. The van der Waals surface area contributed by atoms with Gasteiger partial charge < -0.3 is 0 Å². The third kappa shape index (κ3) is 2.71. The van der Waals surface area contributed by atoms with Crippen LogP contribution < -0.4 is 10.9 Å². The molecule has 0 atom stereocenters. The monoisotopic (exact) mass is 250 g/mol. The number of hydrogen-bond acceptors (Lipinski definition) is 3. The summed E-state index contributed by atoms with van der Waals surface area (Å²) in [5, 5.41) is 4.07. The summed E-state index contributed by atoms with van der Waals surface area (Å²) in [6, 6.07) is 17.6. The van der Waals surface area contributed by atoms with Crippen molar-refractivity contribution in [2.24, 2.45) is 0 Å². The zero-order chi connectivity index (χ0) is 12.9. The largest absolute Gasteiger partial charge is 0.278 e. The molecular formula is C14H12N5. The van der Waals surface area contributed by atoms with Gasteiger partial charge >= 0.3 is 0 Å². The van der Waals surface area contributed by atoms with Crippen molar-refractivity contribution >= 4 is 11.4 Å². The van der Waals surface area contributed by atoms with Crippen LogP contribution in [0, 0.1) is 0 Å². The van der Waals surface area contributed by atoms with Gasteiger partial charge in [-0.15, -0.1) is 0 Å². The summed E-state index contributed by atoms with van der Waals surface area (Å²) in [5.74, 6) is 0. The molecule has 0 fully saturated rings. The summed E-state index contributed by atoms with van der Waals surface area (Å²) in [7, 11) is 0. The van der Waals surface area contributed by atoms with Gasteiger partial charge in [-0.05, 0) is 36.4 Å². The molecular weight excluding hydrogens is 238 g/mol. The predicted octanol–water partition coefficient (Wildman–Crippen LogP) is 2.53. The Balaban J connectivity index is 1.67. The maximum absolute atomic E-state index is 4.28. The molecule has 0 saturated carbocycles. The Bertz CT molecular complexity index is 617. The van der Waals surface area contributed by atoms with Crippen molar-refractivity contribution < 1.29 is 0 Å². The number of nitrogens with one attached hydrogen (secondary N) is 1. The first-order chi connectivity index (χ1) is 9.42.